The zero-order valence-electron chi connectivity index (χ0n) is 15.5. The maximum Gasteiger partial charge on any atom is 0.410 e. The minimum absolute atomic E-state index is 0.0937. The lowest BCUT2D eigenvalue weighted by atomic mass is 10.1. The molecule has 2 aliphatic rings. The van der Waals surface area contributed by atoms with E-state index in [0.717, 1.165) is 37.9 Å². The molecule has 1 saturated heterocycles. The molecule has 0 aromatic heterocycles. The Morgan fingerprint density at radius 2 is 2.15 bits per heavy atom. The summed E-state index contributed by atoms with van der Waals surface area (Å²) in [6, 6.07) is 4.06. The number of ether oxygens (including phenoxy) is 2. The van der Waals surface area contributed by atoms with E-state index in [0.29, 0.717) is 22.4 Å². The number of hydrogen-bond donors (Lipinski definition) is 1. The Kier molecular flexibility index (Phi) is 5.90. The molecule has 0 saturated carbocycles. The molecule has 5 nitrogen and oxygen atoms in total. The van der Waals surface area contributed by atoms with Gasteiger partial charge in [0, 0.05) is 18.2 Å². The summed E-state index contributed by atoms with van der Waals surface area (Å²) >= 11 is 12.2. The van der Waals surface area contributed by atoms with Crippen molar-refractivity contribution in [2.24, 2.45) is 0 Å². The first-order valence-corrected chi connectivity index (χ1v) is 9.85. The second-order valence-electron chi connectivity index (χ2n) is 7.86. The molecule has 3 rings (SSSR count). The molecule has 26 heavy (non-hydrogen) atoms. The first-order chi connectivity index (χ1) is 12.3. The number of nitrogens with one attached hydrogen (secondary N) is 1. The van der Waals surface area contributed by atoms with Gasteiger partial charge in [0.05, 0.1) is 11.1 Å². The molecule has 1 fully saturated rings. The Bertz CT molecular complexity index is 675. The first-order valence-electron chi connectivity index (χ1n) is 9.10. The summed E-state index contributed by atoms with van der Waals surface area (Å²) in [5, 5.41) is 4.49. The van der Waals surface area contributed by atoms with Crippen LogP contribution in [0.2, 0.25) is 10.0 Å². The number of fused-ring (bicyclic) bond motifs is 1. The summed E-state index contributed by atoms with van der Waals surface area (Å²) in [5.74, 6) is 0.674. The third-order valence-corrected chi connectivity index (χ3v) is 5.51. The molecule has 1 unspecified atom stereocenters. The van der Waals surface area contributed by atoms with E-state index in [1.165, 1.54) is 0 Å². The number of hydrogen-bond acceptors (Lipinski definition) is 4. The molecule has 2 aliphatic heterocycles. The van der Waals surface area contributed by atoms with Gasteiger partial charge in [-0.2, -0.15) is 0 Å². The van der Waals surface area contributed by atoms with Crippen LogP contribution in [0.3, 0.4) is 0 Å². The van der Waals surface area contributed by atoms with Gasteiger partial charge in [-0.15, -0.1) is 0 Å². The third kappa shape index (κ3) is 4.38. The number of rotatable bonds is 4. The fourth-order valence-corrected chi connectivity index (χ4v) is 3.89. The quantitative estimate of drug-likeness (QED) is 0.787. The van der Waals surface area contributed by atoms with Gasteiger partial charge >= 0.3 is 6.09 Å². The molecule has 1 N–H and O–H groups in total. The van der Waals surface area contributed by atoms with Crippen LogP contribution in [-0.2, 0) is 4.74 Å². The van der Waals surface area contributed by atoms with Crippen LogP contribution in [0.1, 0.15) is 51.6 Å². The molecule has 0 aliphatic carbocycles. The SMILES string of the molecule is CC(C)(C)OC(=O)N1CCC[C@@H]1CCNC1COc2c1ccc(Cl)c2Cl. The van der Waals surface area contributed by atoms with Crippen LogP contribution in [0.15, 0.2) is 12.1 Å². The van der Waals surface area contributed by atoms with Gasteiger partial charge in [-0.3, -0.25) is 0 Å². The molecule has 1 aromatic rings. The lowest BCUT2D eigenvalue weighted by Crippen LogP contribution is -2.41. The fraction of sp³-hybridized carbons (Fsp3) is 0.632. The molecule has 1 aromatic carbocycles. The lowest BCUT2D eigenvalue weighted by Gasteiger charge is -2.29. The highest BCUT2D eigenvalue weighted by Crippen LogP contribution is 2.42. The van der Waals surface area contributed by atoms with Gasteiger partial charge < -0.3 is 19.7 Å². The maximum absolute atomic E-state index is 12.4. The highest BCUT2D eigenvalue weighted by molar-refractivity contribution is 6.43. The molecular formula is C19H26Cl2N2O3. The van der Waals surface area contributed by atoms with E-state index in [1.54, 1.807) is 6.07 Å². The molecule has 144 valence electrons. The van der Waals surface area contributed by atoms with Crippen molar-refractivity contribution in [3.63, 3.8) is 0 Å². The van der Waals surface area contributed by atoms with Crippen molar-refractivity contribution in [3.05, 3.63) is 27.7 Å². The van der Waals surface area contributed by atoms with Crippen LogP contribution in [0.25, 0.3) is 0 Å². The molecule has 0 bridgehead atoms. The van der Waals surface area contributed by atoms with Gasteiger partial charge in [0.25, 0.3) is 0 Å². The third-order valence-electron chi connectivity index (χ3n) is 4.72. The Labute approximate surface area is 164 Å². The summed E-state index contributed by atoms with van der Waals surface area (Å²) in [6.45, 7) is 7.78. The normalized spacial score (nSPS) is 22.3. The van der Waals surface area contributed by atoms with Crippen LogP contribution in [0, 0.1) is 0 Å². The lowest BCUT2D eigenvalue weighted by molar-refractivity contribution is 0.0220. The molecule has 0 radical (unpaired) electrons. The summed E-state index contributed by atoms with van der Waals surface area (Å²) in [6.07, 6.45) is 2.70. The van der Waals surface area contributed by atoms with E-state index < -0.39 is 5.60 Å². The summed E-state index contributed by atoms with van der Waals surface area (Å²) in [4.78, 5) is 14.2. The van der Waals surface area contributed by atoms with Crippen molar-refractivity contribution in [1.82, 2.24) is 10.2 Å². The number of likely N-dealkylation sites (tertiary alicyclic amines) is 1. The zero-order valence-corrected chi connectivity index (χ0v) is 17.0. The second-order valence-corrected chi connectivity index (χ2v) is 8.64. The summed E-state index contributed by atoms with van der Waals surface area (Å²) < 4.78 is 11.2. The molecule has 7 heteroatoms. The van der Waals surface area contributed by atoms with Gasteiger partial charge in [0.15, 0.2) is 0 Å². The van der Waals surface area contributed by atoms with E-state index in [2.05, 4.69) is 5.32 Å². The standard InChI is InChI=1S/C19H26Cl2N2O3/c1-19(2,3)26-18(24)23-10-4-5-12(23)8-9-22-15-11-25-17-13(15)6-7-14(20)16(17)21/h6-7,12,15,22H,4-5,8-11H2,1-3H3/t12-,15?/m1/s1. The monoisotopic (exact) mass is 400 g/mol. The fourth-order valence-electron chi connectivity index (χ4n) is 3.51. The highest BCUT2D eigenvalue weighted by atomic mass is 35.5. The van der Waals surface area contributed by atoms with Crippen molar-refractivity contribution < 1.29 is 14.3 Å². The average Bonchev–Trinajstić information content (AvgIpc) is 3.17. The minimum Gasteiger partial charge on any atom is -0.490 e. The highest BCUT2D eigenvalue weighted by Gasteiger charge is 2.32. The smallest absolute Gasteiger partial charge is 0.410 e. The van der Waals surface area contributed by atoms with Crippen molar-refractivity contribution >= 4 is 29.3 Å². The van der Waals surface area contributed by atoms with E-state index >= 15 is 0 Å². The molecule has 0 spiro atoms. The van der Waals surface area contributed by atoms with E-state index in [4.69, 9.17) is 32.7 Å². The first kappa shape index (κ1) is 19.6. The van der Waals surface area contributed by atoms with Crippen molar-refractivity contribution in [1.29, 1.82) is 0 Å². The predicted molar refractivity (Wildman–Crippen MR) is 103 cm³/mol. The van der Waals surface area contributed by atoms with Crippen LogP contribution >= 0.6 is 23.2 Å². The average molecular weight is 401 g/mol. The van der Waals surface area contributed by atoms with Gasteiger partial charge in [0.2, 0.25) is 0 Å². The van der Waals surface area contributed by atoms with Gasteiger partial charge in [-0.05, 0) is 52.6 Å². The number of amides is 1. The number of halogens is 2. The number of nitrogens with zero attached hydrogens (tertiary/aromatic N) is 1. The molecular weight excluding hydrogens is 375 g/mol. The minimum atomic E-state index is -0.464. The Morgan fingerprint density at radius 3 is 2.88 bits per heavy atom. The van der Waals surface area contributed by atoms with Crippen molar-refractivity contribution in [2.45, 2.75) is 57.7 Å². The summed E-state index contributed by atoms with van der Waals surface area (Å²) in [7, 11) is 0. The molecule has 2 heterocycles. The van der Waals surface area contributed by atoms with Crippen LogP contribution in [0.5, 0.6) is 5.75 Å². The van der Waals surface area contributed by atoms with E-state index in [-0.39, 0.29) is 18.2 Å². The van der Waals surface area contributed by atoms with E-state index in [9.17, 15) is 4.79 Å². The number of carbonyl (C=O) groups is 1. The Hall–Kier alpha value is -1.17. The van der Waals surface area contributed by atoms with E-state index in [1.807, 2.05) is 31.7 Å². The van der Waals surface area contributed by atoms with Gasteiger partial charge in [-0.1, -0.05) is 29.3 Å². The summed E-state index contributed by atoms with van der Waals surface area (Å²) in [5.41, 5.74) is 0.572. The van der Waals surface area contributed by atoms with Crippen LogP contribution < -0.4 is 10.1 Å². The Balaban J connectivity index is 1.53. The maximum atomic E-state index is 12.4. The van der Waals surface area contributed by atoms with Crippen molar-refractivity contribution in [2.75, 3.05) is 19.7 Å². The number of carbonyl (C=O) groups excluding carboxylic acids is 1. The predicted octanol–water partition coefficient (Wildman–Crippen LogP) is 4.81. The van der Waals surface area contributed by atoms with Crippen LogP contribution in [0.4, 0.5) is 4.79 Å². The van der Waals surface area contributed by atoms with Crippen molar-refractivity contribution in [3.8, 4) is 5.75 Å². The zero-order chi connectivity index (χ0) is 18.9. The topological polar surface area (TPSA) is 50.8 Å². The second kappa shape index (κ2) is 7.83. The van der Waals surface area contributed by atoms with Gasteiger partial charge in [0.1, 0.15) is 23.0 Å². The largest absolute Gasteiger partial charge is 0.490 e. The van der Waals surface area contributed by atoms with Gasteiger partial charge in [-0.25, -0.2) is 4.79 Å². The van der Waals surface area contributed by atoms with Crippen LogP contribution in [-0.4, -0.2) is 42.3 Å². The molecule has 2 atom stereocenters. The number of benzene rings is 1. The molecule has 1 amide bonds. The Morgan fingerprint density at radius 1 is 1.38 bits per heavy atom.